The topological polar surface area (TPSA) is 51.1 Å². The van der Waals surface area contributed by atoms with Gasteiger partial charge in [0.05, 0.1) is 4.88 Å². The fraction of sp³-hybridized carbons (Fsp3) is 0.222. The fourth-order valence-electron chi connectivity index (χ4n) is 2.62. The Labute approximate surface area is 138 Å². The summed E-state index contributed by atoms with van der Waals surface area (Å²) in [6.45, 7) is 4.06. The number of nitrogens with zero attached hydrogens (tertiary/aromatic N) is 1. The van der Waals surface area contributed by atoms with Crippen LogP contribution in [0.4, 0.5) is 0 Å². The third-order valence-corrected chi connectivity index (χ3v) is 4.41. The van der Waals surface area contributed by atoms with Gasteiger partial charge in [-0.1, -0.05) is 24.3 Å². The zero-order chi connectivity index (χ0) is 16.4. The van der Waals surface area contributed by atoms with E-state index < -0.39 is 0 Å². The zero-order valence-electron chi connectivity index (χ0n) is 13.1. The molecule has 23 heavy (non-hydrogen) atoms. The molecule has 1 N–H and O–H groups in total. The number of para-hydroxylation sites is 1. The maximum atomic E-state index is 12.7. The third-order valence-electron chi connectivity index (χ3n) is 3.54. The molecule has 1 amide bonds. The van der Waals surface area contributed by atoms with E-state index in [9.17, 15) is 9.59 Å². The normalized spacial score (nSPS) is 11.1. The van der Waals surface area contributed by atoms with Crippen molar-refractivity contribution >= 4 is 33.9 Å². The van der Waals surface area contributed by atoms with Crippen molar-refractivity contribution in [1.29, 1.82) is 0 Å². The highest BCUT2D eigenvalue weighted by Crippen LogP contribution is 2.25. The summed E-state index contributed by atoms with van der Waals surface area (Å²) >= 11 is 1.43. The van der Waals surface area contributed by atoms with Gasteiger partial charge < -0.3 is 9.88 Å². The minimum atomic E-state index is -0.0594. The fourth-order valence-corrected chi connectivity index (χ4v) is 3.30. The molecule has 0 aliphatic carbocycles. The average molecular weight is 326 g/mol. The van der Waals surface area contributed by atoms with Crippen molar-refractivity contribution in [3.05, 3.63) is 58.4 Å². The average Bonchev–Trinajstić information content (AvgIpc) is 3.14. The highest BCUT2D eigenvalue weighted by atomic mass is 32.1. The first-order valence-corrected chi connectivity index (χ1v) is 8.39. The summed E-state index contributed by atoms with van der Waals surface area (Å²) in [6, 6.07) is 11.5. The molecular formula is C18H18N2O2S. The Kier molecular flexibility index (Phi) is 4.30. The number of hydrogen-bond donors (Lipinski definition) is 1. The van der Waals surface area contributed by atoms with Gasteiger partial charge in [-0.15, -0.1) is 11.3 Å². The standard InChI is InChI=1S/C18H18N2O2S/c1-12(2)19-17(21)11-20-10-14(13-6-3-4-7-15(13)20)18(22)16-8-5-9-23-16/h3-10,12H,11H2,1-2H3,(H,19,21). The Morgan fingerprint density at radius 1 is 1.17 bits per heavy atom. The van der Waals surface area contributed by atoms with E-state index in [4.69, 9.17) is 0 Å². The molecule has 5 heteroatoms. The summed E-state index contributed by atoms with van der Waals surface area (Å²) in [6.07, 6.45) is 1.78. The van der Waals surface area contributed by atoms with Crippen LogP contribution in [0.1, 0.15) is 29.1 Å². The lowest BCUT2D eigenvalue weighted by Gasteiger charge is -2.09. The number of rotatable bonds is 5. The second kappa shape index (κ2) is 6.38. The minimum absolute atomic E-state index is 0.000724. The van der Waals surface area contributed by atoms with Crippen LogP contribution >= 0.6 is 11.3 Å². The van der Waals surface area contributed by atoms with Crippen LogP contribution in [0, 0.1) is 0 Å². The molecule has 118 valence electrons. The van der Waals surface area contributed by atoms with Gasteiger partial charge in [-0.25, -0.2) is 0 Å². The number of amides is 1. The van der Waals surface area contributed by atoms with Gasteiger partial charge >= 0.3 is 0 Å². The van der Waals surface area contributed by atoms with E-state index in [1.165, 1.54) is 11.3 Å². The largest absolute Gasteiger partial charge is 0.352 e. The maximum absolute atomic E-state index is 12.7. The highest BCUT2D eigenvalue weighted by Gasteiger charge is 2.18. The summed E-state index contributed by atoms with van der Waals surface area (Å²) in [5.74, 6) is -0.0601. The van der Waals surface area contributed by atoms with Gasteiger partial charge in [-0.2, -0.15) is 0 Å². The number of benzene rings is 1. The van der Waals surface area contributed by atoms with Crippen molar-refractivity contribution < 1.29 is 9.59 Å². The highest BCUT2D eigenvalue weighted by molar-refractivity contribution is 7.12. The van der Waals surface area contributed by atoms with Crippen LogP contribution in [0.2, 0.25) is 0 Å². The second-order valence-corrected chi connectivity index (χ2v) is 6.66. The lowest BCUT2D eigenvalue weighted by atomic mass is 10.1. The molecule has 0 bridgehead atoms. The van der Waals surface area contributed by atoms with E-state index in [0.717, 1.165) is 10.9 Å². The Hall–Kier alpha value is -2.40. The molecule has 0 fully saturated rings. The molecule has 4 nitrogen and oxygen atoms in total. The number of carbonyl (C=O) groups is 2. The lowest BCUT2D eigenvalue weighted by molar-refractivity contribution is -0.122. The smallest absolute Gasteiger partial charge is 0.240 e. The Bertz CT molecular complexity index is 847. The molecule has 1 aromatic carbocycles. The van der Waals surface area contributed by atoms with Gasteiger partial charge in [0.15, 0.2) is 0 Å². The molecule has 0 spiro atoms. The van der Waals surface area contributed by atoms with Crippen molar-refractivity contribution in [1.82, 2.24) is 9.88 Å². The molecule has 2 aromatic heterocycles. The molecule has 0 aliphatic rings. The van der Waals surface area contributed by atoms with Crippen molar-refractivity contribution in [2.75, 3.05) is 0 Å². The van der Waals surface area contributed by atoms with E-state index >= 15 is 0 Å². The molecule has 3 aromatic rings. The van der Waals surface area contributed by atoms with Gasteiger partial charge in [0.25, 0.3) is 0 Å². The first-order chi connectivity index (χ1) is 11.1. The molecule has 0 aliphatic heterocycles. The Morgan fingerprint density at radius 2 is 1.96 bits per heavy atom. The van der Waals surface area contributed by atoms with Crippen LogP contribution in [0.25, 0.3) is 10.9 Å². The summed E-state index contributed by atoms with van der Waals surface area (Å²) in [5, 5.41) is 5.65. The quantitative estimate of drug-likeness (QED) is 0.730. The van der Waals surface area contributed by atoms with Crippen molar-refractivity contribution in [2.24, 2.45) is 0 Å². The number of thiophene rings is 1. The van der Waals surface area contributed by atoms with E-state index in [-0.39, 0.29) is 24.3 Å². The molecule has 0 radical (unpaired) electrons. The summed E-state index contributed by atoms with van der Waals surface area (Å²) in [5.41, 5.74) is 1.53. The number of fused-ring (bicyclic) bond motifs is 1. The number of ketones is 1. The first-order valence-electron chi connectivity index (χ1n) is 7.51. The number of aromatic nitrogens is 1. The predicted octanol–water partition coefficient (Wildman–Crippen LogP) is 3.46. The minimum Gasteiger partial charge on any atom is -0.352 e. The predicted molar refractivity (Wildman–Crippen MR) is 93.0 cm³/mol. The van der Waals surface area contributed by atoms with E-state index in [1.807, 2.05) is 60.2 Å². The van der Waals surface area contributed by atoms with Crippen LogP contribution < -0.4 is 5.32 Å². The third kappa shape index (κ3) is 3.19. The van der Waals surface area contributed by atoms with Crippen LogP contribution in [-0.4, -0.2) is 22.3 Å². The van der Waals surface area contributed by atoms with Crippen LogP contribution in [-0.2, 0) is 11.3 Å². The van der Waals surface area contributed by atoms with Gasteiger partial charge in [-0.3, -0.25) is 9.59 Å². The molecular weight excluding hydrogens is 308 g/mol. The maximum Gasteiger partial charge on any atom is 0.240 e. The Balaban J connectivity index is 2.00. The Morgan fingerprint density at radius 3 is 2.65 bits per heavy atom. The van der Waals surface area contributed by atoms with Gasteiger partial charge in [-0.05, 0) is 31.4 Å². The lowest BCUT2D eigenvalue weighted by Crippen LogP contribution is -2.32. The number of nitrogens with one attached hydrogen (secondary N) is 1. The van der Waals surface area contributed by atoms with Crippen molar-refractivity contribution in [3.63, 3.8) is 0 Å². The molecule has 0 saturated heterocycles. The van der Waals surface area contributed by atoms with Gasteiger partial charge in [0.2, 0.25) is 11.7 Å². The molecule has 2 heterocycles. The van der Waals surface area contributed by atoms with E-state index in [0.29, 0.717) is 10.4 Å². The SMILES string of the molecule is CC(C)NC(=O)Cn1cc(C(=O)c2cccs2)c2ccccc21. The van der Waals surface area contributed by atoms with Gasteiger partial charge in [0.1, 0.15) is 6.54 Å². The van der Waals surface area contributed by atoms with Crippen LogP contribution in [0.5, 0.6) is 0 Å². The number of hydrogen-bond acceptors (Lipinski definition) is 3. The van der Waals surface area contributed by atoms with Crippen LogP contribution in [0.15, 0.2) is 48.0 Å². The van der Waals surface area contributed by atoms with E-state index in [1.54, 1.807) is 6.20 Å². The monoisotopic (exact) mass is 326 g/mol. The van der Waals surface area contributed by atoms with Crippen molar-refractivity contribution in [3.8, 4) is 0 Å². The zero-order valence-corrected chi connectivity index (χ0v) is 13.9. The second-order valence-electron chi connectivity index (χ2n) is 5.72. The van der Waals surface area contributed by atoms with Crippen LogP contribution in [0.3, 0.4) is 0 Å². The molecule has 0 saturated carbocycles. The van der Waals surface area contributed by atoms with Crippen molar-refractivity contribution in [2.45, 2.75) is 26.4 Å². The summed E-state index contributed by atoms with van der Waals surface area (Å²) in [7, 11) is 0. The van der Waals surface area contributed by atoms with E-state index in [2.05, 4.69) is 5.32 Å². The molecule has 0 atom stereocenters. The summed E-state index contributed by atoms with van der Waals surface area (Å²) < 4.78 is 1.84. The number of carbonyl (C=O) groups excluding carboxylic acids is 2. The molecule has 3 rings (SSSR count). The molecule has 0 unspecified atom stereocenters. The first kappa shape index (κ1) is 15.5. The summed E-state index contributed by atoms with van der Waals surface area (Å²) in [4.78, 5) is 25.5. The van der Waals surface area contributed by atoms with Gasteiger partial charge in [0, 0.05) is 28.7 Å².